The van der Waals surface area contributed by atoms with Crippen LogP contribution in [0.3, 0.4) is 0 Å². The van der Waals surface area contributed by atoms with E-state index < -0.39 is 26.3 Å². The summed E-state index contributed by atoms with van der Waals surface area (Å²) in [5, 5.41) is 36.0. The SMILES string of the molecule is CC.N#C[S-].O=C(O)c1ccnc(-c2cc(C(=O)O)cc(-c3cc(C(=O)O)ccn3)n2)c1.[Ru+].c1ccc(C[PH+]2Oc3ccccc3O2)nc1. The minimum Gasteiger partial charge on any atom is -0.696 e. The van der Waals surface area contributed by atoms with E-state index >= 15 is 0 Å². The number of para-hydroxylation sites is 2. The number of hydrogen-bond donors (Lipinski definition) is 3. The van der Waals surface area contributed by atoms with E-state index in [1.807, 2.05) is 56.3 Å². The molecule has 0 fully saturated rings. The van der Waals surface area contributed by atoms with E-state index in [9.17, 15) is 19.5 Å². The third kappa shape index (κ3) is 11.7. The number of aromatic nitrogens is 4. The maximum absolute atomic E-state index is 11.5. The average molecular weight is 787 g/mol. The van der Waals surface area contributed by atoms with E-state index in [4.69, 9.17) is 24.5 Å². The molecule has 0 unspecified atom stereocenters. The summed E-state index contributed by atoms with van der Waals surface area (Å²) in [6, 6.07) is 21.3. The van der Waals surface area contributed by atoms with E-state index in [1.54, 1.807) is 6.20 Å². The number of carbonyl (C=O) groups is 3. The molecule has 0 spiro atoms. The molecule has 251 valence electrons. The average Bonchev–Trinajstić information content (AvgIpc) is 3.52. The number of nitrogens with zero attached hydrogens (tertiary/aromatic N) is 5. The molecule has 0 saturated carbocycles. The molecule has 49 heavy (non-hydrogen) atoms. The first kappa shape index (κ1) is 39.8. The van der Waals surface area contributed by atoms with Crippen LogP contribution in [-0.2, 0) is 38.3 Å². The van der Waals surface area contributed by atoms with E-state index in [0.717, 1.165) is 23.4 Å². The van der Waals surface area contributed by atoms with Crippen molar-refractivity contribution in [3.8, 4) is 39.7 Å². The van der Waals surface area contributed by atoms with Crippen LogP contribution in [0.15, 0.2) is 97.5 Å². The Balaban J connectivity index is 0.000000321. The van der Waals surface area contributed by atoms with Crippen molar-refractivity contribution in [3.63, 3.8) is 0 Å². The summed E-state index contributed by atoms with van der Waals surface area (Å²) in [5.74, 6) is -1.85. The van der Waals surface area contributed by atoms with Gasteiger partial charge in [-0.1, -0.05) is 37.4 Å². The van der Waals surface area contributed by atoms with Crippen LogP contribution in [0, 0.1) is 10.7 Å². The molecule has 13 nitrogen and oxygen atoms in total. The molecule has 1 aromatic carbocycles. The Kier molecular flexibility index (Phi) is 16.3. The van der Waals surface area contributed by atoms with Gasteiger partial charge in [-0.15, -0.1) is 0 Å². The predicted molar refractivity (Wildman–Crippen MR) is 180 cm³/mol. The summed E-state index contributed by atoms with van der Waals surface area (Å²) in [6.45, 7) is 4.00. The van der Waals surface area contributed by atoms with Gasteiger partial charge in [-0.05, 0) is 60.7 Å². The van der Waals surface area contributed by atoms with Crippen LogP contribution in [-0.4, -0.2) is 53.2 Å². The molecular weight excluding hydrogens is 759 g/mol. The number of carboxylic acid groups (broad SMARTS) is 3. The van der Waals surface area contributed by atoms with Gasteiger partial charge in [0.2, 0.25) is 11.5 Å². The van der Waals surface area contributed by atoms with E-state index in [1.165, 1.54) is 54.2 Å². The second-order valence-corrected chi connectivity index (χ2v) is 10.7. The molecule has 1 aliphatic rings. The number of pyridine rings is 4. The Morgan fingerprint density at radius 2 is 1.12 bits per heavy atom. The minimum atomic E-state index is -1.28. The van der Waals surface area contributed by atoms with Gasteiger partial charge in [0.05, 0.1) is 45.2 Å². The van der Waals surface area contributed by atoms with Crippen molar-refractivity contribution < 1.29 is 58.2 Å². The van der Waals surface area contributed by atoms with Crippen LogP contribution in [0.2, 0.25) is 0 Å². The topological polar surface area (TPSA) is 206 Å². The van der Waals surface area contributed by atoms with Crippen molar-refractivity contribution in [2.75, 3.05) is 0 Å². The number of hydrogen-bond acceptors (Lipinski definition) is 11. The van der Waals surface area contributed by atoms with Gasteiger partial charge in [-0.25, -0.2) is 24.6 Å². The Morgan fingerprint density at radius 3 is 1.53 bits per heavy atom. The smallest absolute Gasteiger partial charge is 0.696 e. The zero-order valence-corrected chi connectivity index (χ0v) is 29.4. The summed E-state index contributed by atoms with van der Waals surface area (Å²) in [7, 11) is -1.28. The van der Waals surface area contributed by atoms with Gasteiger partial charge in [0.25, 0.3) is 0 Å². The molecule has 0 bridgehead atoms. The first-order valence-electron chi connectivity index (χ1n) is 14.0. The molecule has 6 rings (SSSR count). The van der Waals surface area contributed by atoms with Crippen LogP contribution >= 0.6 is 8.38 Å². The molecule has 0 atom stereocenters. The van der Waals surface area contributed by atoms with Gasteiger partial charge >= 0.3 is 45.8 Å². The van der Waals surface area contributed by atoms with Crippen LogP contribution in [0.4, 0.5) is 0 Å². The maximum Gasteiger partial charge on any atom is 1.00 e. The molecule has 5 heterocycles. The number of aromatic carboxylic acids is 3. The Bertz CT molecular complexity index is 1830. The third-order valence-electron chi connectivity index (χ3n) is 5.96. The zero-order chi connectivity index (χ0) is 35.1. The van der Waals surface area contributed by atoms with Crippen molar-refractivity contribution in [2.45, 2.75) is 20.0 Å². The van der Waals surface area contributed by atoms with Crippen molar-refractivity contribution in [1.82, 2.24) is 19.9 Å². The van der Waals surface area contributed by atoms with Crippen molar-refractivity contribution in [1.29, 1.82) is 5.26 Å². The molecule has 3 N–H and O–H groups in total. The maximum atomic E-state index is 11.5. The van der Waals surface area contributed by atoms with Gasteiger partial charge in [0.1, 0.15) is 0 Å². The summed E-state index contributed by atoms with van der Waals surface area (Å²) in [6.07, 6.45) is 5.10. The fourth-order valence-corrected chi connectivity index (χ4v) is 5.45. The van der Waals surface area contributed by atoms with Gasteiger partial charge in [-0.2, -0.15) is 0 Å². The van der Waals surface area contributed by atoms with Crippen LogP contribution in [0.25, 0.3) is 22.8 Å². The zero-order valence-electron chi connectivity index (χ0n) is 25.8. The first-order chi connectivity index (χ1) is 23.2. The summed E-state index contributed by atoms with van der Waals surface area (Å²) >= 11 is 3.70. The van der Waals surface area contributed by atoms with Crippen molar-refractivity contribution in [3.05, 3.63) is 120 Å². The predicted octanol–water partition coefficient (Wildman–Crippen LogP) is 6.44. The number of carboxylic acids is 3. The molecule has 4 aromatic heterocycles. The second kappa shape index (κ2) is 20.1. The number of nitriles is 1. The third-order valence-corrected chi connectivity index (χ3v) is 7.51. The van der Waals surface area contributed by atoms with Crippen LogP contribution in [0.1, 0.15) is 50.6 Å². The van der Waals surface area contributed by atoms with Crippen LogP contribution < -0.4 is 9.05 Å². The number of rotatable bonds is 7. The molecule has 1 aliphatic heterocycles. The summed E-state index contributed by atoms with van der Waals surface area (Å²) in [5.41, 5.74) is 1.39. The molecule has 0 aliphatic carbocycles. The molecule has 5 aromatic rings. The monoisotopic (exact) mass is 787 g/mol. The summed E-state index contributed by atoms with van der Waals surface area (Å²) < 4.78 is 11.5. The van der Waals surface area contributed by atoms with Gasteiger partial charge < -0.3 is 37.0 Å². The molecular formula is C33H28N5O8PRuS+. The van der Waals surface area contributed by atoms with Gasteiger partial charge in [0.15, 0.2) is 6.16 Å². The van der Waals surface area contributed by atoms with Gasteiger partial charge in [-0.3, -0.25) is 15.0 Å². The van der Waals surface area contributed by atoms with Crippen LogP contribution in [0.5, 0.6) is 11.5 Å². The van der Waals surface area contributed by atoms with E-state index in [2.05, 4.69) is 32.6 Å². The Hall–Kier alpha value is -5.41. The quantitative estimate of drug-likeness (QED) is 0.0703. The van der Waals surface area contributed by atoms with E-state index in [-0.39, 0.29) is 58.9 Å². The normalized spacial score (nSPS) is 10.6. The largest absolute Gasteiger partial charge is 1.00 e. The molecule has 0 amide bonds. The number of benzene rings is 1. The summed E-state index contributed by atoms with van der Waals surface area (Å²) in [4.78, 5) is 50.4. The van der Waals surface area contributed by atoms with Gasteiger partial charge in [0, 0.05) is 18.6 Å². The second-order valence-electron chi connectivity index (χ2n) is 9.01. The fourth-order valence-electron chi connectivity index (χ4n) is 3.93. The Labute approximate surface area is 300 Å². The van der Waals surface area contributed by atoms with Crippen molar-refractivity contribution in [2.24, 2.45) is 0 Å². The number of fused-ring (bicyclic) bond motifs is 1. The Morgan fingerprint density at radius 1 is 0.694 bits per heavy atom. The van der Waals surface area contributed by atoms with Crippen molar-refractivity contribution >= 4 is 38.9 Å². The first-order valence-corrected chi connectivity index (χ1v) is 16.0. The molecule has 0 saturated heterocycles. The molecule has 16 heteroatoms. The molecule has 1 radical (unpaired) electrons. The number of thiocyanates is 1. The standard InChI is InChI=1S/C18H11N3O6.C12H10NO2P.C2H6.CHNS.Ru/c22-16(23)9-1-3-19-12(5-9)14-7-11(18(26)27)8-15(21-14)13-6-10(17(24)25)2-4-20-13;1-2-7-12-11(6-1)14-16(15-12)9-10-5-3-4-8-13-10;1-2;2-1-3;/h1-8H,(H,22,23)(H,24,25)(H,26,27);1-8H,9H2;1-2H3;3H;/q;;;;+1. The van der Waals surface area contributed by atoms with E-state index in [0.29, 0.717) is 0 Å². The fraction of sp³-hybridized carbons (Fsp3) is 0.0909. The minimum absolute atomic E-state index is 0.